The Balaban J connectivity index is 2.94. The van der Waals surface area contributed by atoms with E-state index in [1.54, 1.807) is 11.8 Å². The van der Waals surface area contributed by atoms with Crippen LogP contribution in [0.5, 0.6) is 0 Å². The molecular formula is C20H36N4O4. The lowest BCUT2D eigenvalue weighted by Gasteiger charge is -2.31. The third kappa shape index (κ3) is 6.02. The Bertz CT molecular complexity index is 591. The normalized spacial score (nSPS) is 21.1. The first-order valence-electron chi connectivity index (χ1n) is 10.2. The van der Waals surface area contributed by atoms with Crippen LogP contribution < -0.4 is 16.8 Å². The number of amides is 3. The zero-order valence-corrected chi connectivity index (χ0v) is 17.7. The van der Waals surface area contributed by atoms with E-state index in [9.17, 15) is 19.2 Å². The van der Waals surface area contributed by atoms with E-state index >= 15 is 0 Å². The van der Waals surface area contributed by atoms with Crippen LogP contribution in [0.3, 0.4) is 0 Å². The number of ketones is 1. The van der Waals surface area contributed by atoms with Gasteiger partial charge in [-0.25, -0.2) is 0 Å². The number of Topliss-reactive ketones (excluding diaryl/α,β-unsaturated/α-hetero) is 1. The van der Waals surface area contributed by atoms with E-state index in [2.05, 4.69) is 5.32 Å². The summed E-state index contributed by atoms with van der Waals surface area (Å²) in [5, 5.41) is 2.73. The molecule has 0 aromatic heterocycles. The van der Waals surface area contributed by atoms with Crippen molar-refractivity contribution in [1.29, 1.82) is 0 Å². The number of hydrogen-bond donors (Lipinski definition) is 3. The molecule has 0 bridgehead atoms. The molecule has 5 atom stereocenters. The van der Waals surface area contributed by atoms with E-state index in [4.69, 9.17) is 11.5 Å². The molecule has 0 saturated carbocycles. The van der Waals surface area contributed by atoms with E-state index in [1.807, 2.05) is 27.7 Å². The highest BCUT2D eigenvalue weighted by molar-refractivity contribution is 5.94. The third-order valence-electron chi connectivity index (χ3n) is 5.71. The summed E-state index contributed by atoms with van der Waals surface area (Å²) >= 11 is 0. The van der Waals surface area contributed by atoms with Crippen molar-refractivity contribution in [3.05, 3.63) is 0 Å². The second-order valence-electron chi connectivity index (χ2n) is 8.27. The fourth-order valence-corrected chi connectivity index (χ4v) is 3.51. The van der Waals surface area contributed by atoms with Crippen molar-refractivity contribution in [3.63, 3.8) is 0 Å². The van der Waals surface area contributed by atoms with E-state index in [0.717, 1.165) is 0 Å². The molecule has 5 N–H and O–H groups in total. The number of nitrogens with one attached hydrogen (secondary N) is 1. The van der Waals surface area contributed by atoms with Crippen LogP contribution in [0.2, 0.25) is 0 Å². The van der Waals surface area contributed by atoms with Crippen molar-refractivity contribution in [2.24, 2.45) is 29.2 Å². The Morgan fingerprint density at radius 2 is 1.75 bits per heavy atom. The van der Waals surface area contributed by atoms with E-state index in [-0.39, 0.29) is 35.9 Å². The van der Waals surface area contributed by atoms with Crippen LogP contribution in [-0.4, -0.2) is 53.1 Å². The maximum Gasteiger partial charge on any atom is 0.243 e. The summed E-state index contributed by atoms with van der Waals surface area (Å²) in [7, 11) is 0. The van der Waals surface area contributed by atoms with E-state index < -0.39 is 30.0 Å². The molecule has 8 heteroatoms. The van der Waals surface area contributed by atoms with Gasteiger partial charge in [0.25, 0.3) is 0 Å². The SMILES string of the molecule is CC[C@H](C)[C@H](NC(=O)C1CCCN1C(=O)[C@@H](CC(=O)[C@H](C)N)C(C)C)C(N)=O. The van der Waals surface area contributed by atoms with Gasteiger partial charge < -0.3 is 21.7 Å². The lowest BCUT2D eigenvalue weighted by molar-refractivity contribution is -0.144. The van der Waals surface area contributed by atoms with E-state index in [0.29, 0.717) is 25.8 Å². The van der Waals surface area contributed by atoms with Crippen LogP contribution in [0, 0.1) is 17.8 Å². The fraction of sp³-hybridized carbons (Fsp3) is 0.800. The van der Waals surface area contributed by atoms with Gasteiger partial charge in [-0.15, -0.1) is 0 Å². The van der Waals surface area contributed by atoms with Crippen LogP contribution >= 0.6 is 0 Å². The maximum absolute atomic E-state index is 13.1. The molecule has 1 aliphatic rings. The predicted molar refractivity (Wildman–Crippen MR) is 107 cm³/mol. The maximum atomic E-state index is 13.1. The number of nitrogens with two attached hydrogens (primary N) is 2. The summed E-state index contributed by atoms with van der Waals surface area (Å²) in [5.41, 5.74) is 11.1. The minimum Gasteiger partial charge on any atom is -0.368 e. The van der Waals surface area contributed by atoms with Crippen molar-refractivity contribution in [1.82, 2.24) is 10.2 Å². The van der Waals surface area contributed by atoms with Gasteiger partial charge in [0.1, 0.15) is 17.9 Å². The highest BCUT2D eigenvalue weighted by Gasteiger charge is 2.40. The highest BCUT2D eigenvalue weighted by atomic mass is 16.2. The summed E-state index contributed by atoms with van der Waals surface area (Å²) in [6.45, 7) is 9.59. The average Bonchev–Trinajstić information content (AvgIpc) is 3.11. The molecule has 1 unspecified atom stereocenters. The van der Waals surface area contributed by atoms with Crippen LogP contribution in [0.1, 0.15) is 60.3 Å². The van der Waals surface area contributed by atoms with Gasteiger partial charge in [0, 0.05) is 18.9 Å². The van der Waals surface area contributed by atoms with Gasteiger partial charge in [-0.2, -0.15) is 0 Å². The Kier molecular flexibility index (Phi) is 9.07. The molecule has 3 amide bonds. The van der Waals surface area contributed by atoms with Crippen molar-refractivity contribution in [2.45, 2.75) is 78.4 Å². The number of hydrogen-bond acceptors (Lipinski definition) is 5. The van der Waals surface area contributed by atoms with E-state index in [1.165, 1.54) is 0 Å². The van der Waals surface area contributed by atoms with Crippen LogP contribution in [0.25, 0.3) is 0 Å². The molecular weight excluding hydrogens is 360 g/mol. The summed E-state index contributed by atoms with van der Waals surface area (Å²) in [6.07, 6.45) is 1.97. The molecule has 28 heavy (non-hydrogen) atoms. The third-order valence-corrected chi connectivity index (χ3v) is 5.71. The lowest BCUT2D eigenvalue weighted by atomic mass is 9.87. The zero-order chi connectivity index (χ0) is 21.6. The predicted octanol–water partition coefficient (Wildman–Crippen LogP) is 0.572. The molecule has 1 rings (SSSR count). The minimum atomic E-state index is -0.768. The highest BCUT2D eigenvalue weighted by Crippen LogP contribution is 2.26. The van der Waals surface area contributed by atoms with Crippen molar-refractivity contribution < 1.29 is 19.2 Å². The molecule has 8 nitrogen and oxygen atoms in total. The monoisotopic (exact) mass is 396 g/mol. The largest absolute Gasteiger partial charge is 0.368 e. The first-order chi connectivity index (χ1) is 13.0. The fourth-order valence-electron chi connectivity index (χ4n) is 3.51. The first kappa shape index (κ1) is 24.1. The van der Waals surface area contributed by atoms with Crippen LogP contribution in [0.15, 0.2) is 0 Å². The molecule has 160 valence electrons. The molecule has 1 saturated heterocycles. The number of carbonyl (C=O) groups excluding carboxylic acids is 4. The van der Waals surface area contributed by atoms with Gasteiger partial charge >= 0.3 is 0 Å². The quantitative estimate of drug-likeness (QED) is 0.496. The molecule has 0 spiro atoms. The summed E-state index contributed by atoms with van der Waals surface area (Å²) in [6, 6.07) is -2.04. The van der Waals surface area contributed by atoms with Crippen molar-refractivity contribution in [3.8, 4) is 0 Å². The lowest BCUT2D eigenvalue weighted by Crippen LogP contribution is -2.55. The molecule has 0 aromatic carbocycles. The number of rotatable bonds is 10. The second kappa shape index (κ2) is 10.5. The summed E-state index contributed by atoms with van der Waals surface area (Å²) in [4.78, 5) is 51.3. The molecule has 0 radical (unpaired) electrons. The smallest absolute Gasteiger partial charge is 0.243 e. The number of nitrogens with zero attached hydrogens (tertiary/aromatic N) is 1. The standard InChI is InChI=1S/C20H36N4O4/c1-6-12(4)17(18(22)26)23-19(27)15-8-7-9-24(15)20(28)14(11(2)3)10-16(25)13(5)21/h11-15,17H,6-10,21H2,1-5H3,(H2,22,26)(H,23,27)/t12-,13-,14-,15?,17-/m0/s1. The second-order valence-corrected chi connectivity index (χ2v) is 8.27. The number of likely N-dealkylation sites (tertiary alicyclic amines) is 1. The zero-order valence-electron chi connectivity index (χ0n) is 17.7. The Hall–Kier alpha value is -1.96. The number of carbonyl (C=O) groups is 4. The molecule has 1 fully saturated rings. The Morgan fingerprint density at radius 1 is 1.14 bits per heavy atom. The minimum absolute atomic E-state index is 0.0574. The topological polar surface area (TPSA) is 136 Å². The van der Waals surface area contributed by atoms with Crippen molar-refractivity contribution >= 4 is 23.5 Å². The molecule has 0 aromatic rings. The van der Waals surface area contributed by atoms with Gasteiger partial charge in [-0.3, -0.25) is 19.2 Å². The Morgan fingerprint density at radius 3 is 2.21 bits per heavy atom. The van der Waals surface area contributed by atoms with Crippen molar-refractivity contribution in [2.75, 3.05) is 6.54 Å². The van der Waals surface area contributed by atoms with Gasteiger partial charge in [-0.05, 0) is 31.6 Å². The summed E-state index contributed by atoms with van der Waals surface area (Å²) in [5.74, 6) is -2.00. The van der Waals surface area contributed by atoms with Crippen LogP contribution in [0.4, 0.5) is 0 Å². The average molecular weight is 397 g/mol. The van der Waals surface area contributed by atoms with Gasteiger partial charge in [0.15, 0.2) is 0 Å². The van der Waals surface area contributed by atoms with Crippen LogP contribution in [-0.2, 0) is 19.2 Å². The summed E-state index contributed by atoms with van der Waals surface area (Å²) < 4.78 is 0. The Labute approximate surface area is 167 Å². The first-order valence-corrected chi connectivity index (χ1v) is 10.2. The molecule has 1 aliphatic heterocycles. The molecule has 0 aliphatic carbocycles. The van der Waals surface area contributed by atoms with Gasteiger partial charge in [-0.1, -0.05) is 34.1 Å². The van der Waals surface area contributed by atoms with Gasteiger partial charge in [0.05, 0.1) is 6.04 Å². The van der Waals surface area contributed by atoms with Gasteiger partial charge in [0.2, 0.25) is 17.7 Å². The molecule has 1 heterocycles. The number of primary amides is 1.